The van der Waals surface area contributed by atoms with Crippen LogP contribution in [-0.2, 0) is 14.8 Å². The van der Waals surface area contributed by atoms with Gasteiger partial charge in [0.2, 0.25) is 10.0 Å². The molecule has 0 atom stereocenters. The van der Waals surface area contributed by atoms with Gasteiger partial charge in [-0.25, -0.2) is 8.42 Å². The second-order valence-electron chi connectivity index (χ2n) is 7.41. The molecule has 1 aliphatic rings. The standard InChI is InChI=1S/C19H28N2O5S/c1-14(2)12-20(13-18(22)23)19(24)17-11-16(8-7-15(17)3)27(25,26)21-9-5-4-6-10-21/h7-8,11,14H,4-6,9-10,12-13H2,1-3H3,(H,22,23). The van der Waals surface area contributed by atoms with Gasteiger partial charge in [0.05, 0.1) is 4.90 Å². The fourth-order valence-electron chi connectivity index (χ4n) is 3.24. The van der Waals surface area contributed by atoms with Crippen molar-refractivity contribution in [1.29, 1.82) is 0 Å². The molecule has 1 aromatic carbocycles. The number of sulfonamides is 1. The number of hydrogen-bond donors (Lipinski definition) is 1. The number of carboxylic acid groups (broad SMARTS) is 1. The predicted molar refractivity (Wildman–Crippen MR) is 102 cm³/mol. The summed E-state index contributed by atoms with van der Waals surface area (Å²) in [7, 11) is -3.66. The maximum absolute atomic E-state index is 12.9. The number of rotatable bonds is 7. The molecular weight excluding hydrogens is 368 g/mol. The summed E-state index contributed by atoms with van der Waals surface area (Å²) in [5.41, 5.74) is 0.853. The van der Waals surface area contributed by atoms with Crippen LogP contribution in [0.4, 0.5) is 0 Å². The van der Waals surface area contributed by atoms with Crippen LogP contribution in [0.25, 0.3) is 0 Å². The molecule has 0 saturated carbocycles. The number of nitrogens with zero attached hydrogens (tertiary/aromatic N) is 2. The van der Waals surface area contributed by atoms with Crippen LogP contribution in [-0.4, -0.2) is 60.8 Å². The van der Waals surface area contributed by atoms with Crippen LogP contribution in [0.3, 0.4) is 0 Å². The Morgan fingerprint density at radius 3 is 2.37 bits per heavy atom. The van der Waals surface area contributed by atoms with E-state index in [4.69, 9.17) is 5.11 Å². The first-order chi connectivity index (χ1) is 12.6. The van der Waals surface area contributed by atoms with Gasteiger partial charge in [-0.2, -0.15) is 4.31 Å². The third-order valence-corrected chi connectivity index (χ3v) is 6.49. The SMILES string of the molecule is Cc1ccc(S(=O)(=O)N2CCCCC2)cc1C(=O)N(CC(=O)O)CC(C)C. The monoisotopic (exact) mass is 396 g/mol. The number of hydrogen-bond acceptors (Lipinski definition) is 4. The molecule has 1 fully saturated rings. The molecule has 8 heteroatoms. The van der Waals surface area contributed by atoms with Gasteiger partial charge in [-0.05, 0) is 43.4 Å². The molecule has 0 bridgehead atoms. The lowest BCUT2D eigenvalue weighted by Gasteiger charge is -2.27. The van der Waals surface area contributed by atoms with Crippen molar-refractivity contribution in [2.75, 3.05) is 26.2 Å². The van der Waals surface area contributed by atoms with Gasteiger partial charge >= 0.3 is 5.97 Å². The molecule has 1 aromatic rings. The van der Waals surface area contributed by atoms with Crippen molar-refractivity contribution in [2.24, 2.45) is 5.92 Å². The maximum atomic E-state index is 12.9. The molecule has 0 aliphatic carbocycles. The molecule has 27 heavy (non-hydrogen) atoms. The van der Waals surface area contributed by atoms with Crippen LogP contribution in [0.1, 0.15) is 49.0 Å². The highest BCUT2D eigenvalue weighted by atomic mass is 32.2. The van der Waals surface area contributed by atoms with E-state index in [0.29, 0.717) is 18.7 Å². The lowest BCUT2D eigenvalue weighted by molar-refractivity contribution is -0.137. The average Bonchev–Trinajstić information content (AvgIpc) is 2.60. The molecule has 1 aliphatic heterocycles. The minimum absolute atomic E-state index is 0.0816. The van der Waals surface area contributed by atoms with Crippen molar-refractivity contribution in [3.63, 3.8) is 0 Å². The molecule has 0 aromatic heterocycles. The Kier molecular flexibility index (Phi) is 7.00. The number of carbonyl (C=O) groups is 2. The van der Waals surface area contributed by atoms with E-state index < -0.39 is 28.4 Å². The molecule has 1 amide bonds. The first-order valence-corrected chi connectivity index (χ1v) is 10.7. The van der Waals surface area contributed by atoms with Crippen LogP contribution in [0.2, 0.25) is 0 Å². The highest BCUT2D eigenvalue weighted by Gasteiger charge is 2.28. The Balaban J connectivity index is 2.37. The van der Waals surface area contributed by atoms with E-state index in [0.717, 1.165) is 19.3 Å². The van der Waals surface area contributed by atoms with Crippen molar-refractivity contribution < 1.29 is 23.1 Å². The Bertz CT molecular complexity index is 798. The summed E-state index contributed by atoms with van der Waals surface area (Å²) in [6, 6.07) is 4.51. The minimum atomic E-state index is -3.66. The van der Waals surface area contributed by atoms with Gasteiger partial charge in [-0.15, -0.1) is 0 Å². The zero-order valence-electron chi connectivity index (χ0n) is 16.1. The number of carboxylic acids is 1. The first kappa shape index (κ1) is 21.4. The lowest BCUT2D eigenvalue weighted by atomic mass is 10.1. The summed E-state index contributed by atoms with van der Waals surface area (Å²) < 4.78 is 27.3. The normalized spacial score (nSPS) is 15.7. The van der Waals surface area contributed by atoms with Crippen molar-refractivity contribution >= 4 is 21.9 Å². The van der Waals surface area contributed by atoms with Crippen molar-refractivity contribution in [1.82, 2.24) is 9.21 Å². The summed E-state index contributed by atoms with van der Waals surface area (Å²) in [4.78, 5) is 25.4. The smallest absolute Gasteiger partial charge is 0.323 e. The topological polar surface area (TPSA) is 95.0 Å². The quantitative estimate of drug-likeness (QED) is 0.763. The van der Waals surface area contributed by atoms with Crippen LogP contribution >= 0.6 is 0 Å². The summed E-state index contributed by atoms with van der Waals surface area (Å²) in [5.74, 6) is -1.47. The summed E-state index contributed by atoms with van der Waals surface area (Å²) in [6.45, 7) is 6.35. The molecule has 1 heterocycles. The molecular formula is C19H28N2O5S. The highest BCUT2D eigenvalue weighted by molar-refractivity contribution is 7.89. The third kappa shape index (κ3) is 5.29. The van der Waals surface area contributed by atoms with Gasteiger partial charge in [0.25, 0.3) is 5.91 Å². The van der Waals surface area contributed by atoms with E-state index in [9.17, 15) is 18.0 Å². The Morgan fingerprint density at radius 1 is 1.19 bits per heavy atom. The Labute approximate surface area is 161 Å². The summed E-state index contributed by atoms with van der Waals surface area (Å²) in [6.07, 6.45) is 2.68. The predicted octanol–water partition coefficient (Wildman–Crippen LogP) is 2.35. The van der Waals surface area contributed by atoms with Crippen molar-refractivity contribution in [3.05, 3.63) is 29.3 Å². The molecule has 1 saturated heterocycles. The van der Waals surface area contributed by atoms with Crippen LogP contribution in [0.5, 0.6) is 0 Å². The van der Waals surface area contributed by atoms with Gasteiger partial charge in [-0.3, -0.25) is 9.59 Å². The molecule has 2 rings (SSSR count). The highest BCUT2D eigenvalue weighted by Crippen LogP contribution is 2.23. The van der Waals surface area contributed by atoms with E-state index in [1.807, 2.05) is 13.8 Å². The third-order valence-electron chi connectivity index (χ3n) is 4.59. The zero-order valence-corrected chi connectivity index (χ0v) is 17.0. The largest absolute Gasteiger partial charge is 0.480 e. The second kappa shape index (κ2) is 8.84. The number of carbonyl (C=O) groups excluding carboxylic acids is 1. The van der Waals surface area contributed by atoms with Crippen LogP contribution in [0, 0.1) is 12.8 Å². The van der Waals surface area contributed by atoms with Gasteiger partial charge in [0.15, 0.2) is 0 Å². The fourth-order valence-corrected chi connectivity index (χ4v) is 4.78. The average molecular weight is 397 g/mol. The van der Waals surface area contributed by atoms with Gasteiger partial charge in [0, 0.05) is 25.2 Å². The van der Waals surface area contributed by atoms with Crippen LogP contribution < -0.4 is 0 Å². The maximum Gasteiger partial charge on any atom is 0.323 e. The number of piperidine rings is 1. The lowest BCUT2D eigenvalue weighted by Crippen LogP contribution is -2.39. The molecule has 0 unspecified atom stereocenters. The number of amides is 1. The Morgan fingerprint density at radius 2 is 1.81 bits per heavy atom. The number of benzene rings is 1. The van der Waals surface area contributed by atoms with Gasteiger partial charge < -0.3 is 10.0 Å². The van der Waals surface area contributed by atoms with E-state index in [2.05, 4.69) is 0 Å². The zero-order chi connectivity index (χ0) is 20.2. The van der Waals surface area contributed by atoms with Gasteiger partial charge in [-0.1, -0.05) is 26.3 Å². The van der Waals surface area contributed by atoms with E-state index in [1.54, 1.807) is 13.0 Å². The number of aliphatic carboxylic acids is 1. The summed E-state index contributed by atoms with van der Waals surface area (Å²) >= 11 is 0. The molecule has 1 N–H and O–H groups in total. The second-order valence-corrected chi connectivity index (χ2v) is 9.35. The van der Waals surface area contributed by atoms with E-state index in [1.165, 1.54) is 21.3 Å². The molecule has 150 valence electrons. The number of aryl methyl sites for hydroxylation is 1. The molecule has 0 radical (unpaired) electrons. The van der Waals surface area contributed by atoms with Crippen molar-refractivity contribution in [2.45, 2.75) is 44.9 Å². The summed E-state index contributed by atoms with van der Waals surface area (Å²) in [5, 5.41) is 9.12. The minimum Gasteiger partial charge on any atom is -0.480 e. The first-order valence-electron chi connectivity index (χ1n) is 9.24. The molecule has 7 nitrogen and oxygen atoms in total. The Hall–Kier alpha value is -1.93. The van der Waals surface area contributed by atoms with Crippen molar-refractivity contribution in [3.8, 4) is 0 Å². The molecule has 0 spiro atoms. The fraction of sp³-hybridized carbons (Fsp3) is 0.579. The van der Waals surface area contributed by atoms with E-state index >= 15 is 0 Å². The van der Waals surface area contributed by atoms with Crippen LogP contribution in [0.15, 0.2) is 23.1 Å². The van der Waals surface area contributed by atoms with Gasteiger partial charge in [0.1, 0.15) is 6.54 Å². The van der Waals surface area contributed by atoms with E-state index in [-0.39, 0.29) is 22.9 Å².